The third-order valence-electron chi connectivity index (χ3n) is 2.26. The second kappa shape index (κ2) is 6.93. The summed E-state index contributed by atoms with van der Waals surface area (Å²) in [4.78, 5) is 11.4. The standard InChI is InChI=1S/C13H14ClNO2/c1-10(16)12-9-11(14)5-6-13(12)17-8-4-2-3-7-15/h5-6,9H,2-4,8H2,1H3. The van der Waals surface area contributed by atoms with Crippen LogP contribution in [0.25, 0.3) is 0 Å². The molecule has 3 nitrogen and oxygen atoms in total. The van der Waals surface area contributed by atoms with E-state index in [0.717, 1.165) is 12.8 Å². The molecule has 0 aliphatic carbocycles. The van der Waals surface area contributed by atoms with E-state index in [1.165, 1.54) is 6.92 Å². The Hall–Kier alpha value is -1.53. The molecular formula is C13H14ClNO2. The molecule has 0 amide bonds. The smallest absolute Gasteiger partial charge is 0.163 e. The predicted molar refractivity (Wildman–Crippen MR) is 66.4 cm³/mol. The number of Topliss-reactive ketones (excluding diaryl/α,β-unsaturated/α-hetero) is 1. The van der Waals surface area contributed by atoms with Crippen molar-refractivity contribution in [3.63, 3.8) is 0 Å². The molecule has 0 atom stereocenters. The minimum Gasteiger partial charge on any atom is -0.493 e. The van der Waals surface area contributed by atoms with Crippen molar-refractivity contribution in [1.29, 1.82) is 5.26 Å². The number of benzene rings is 1. The first-order valence-electron chi connectivity index (χ1n) is 5.45. The molecule has 4 heteroatoms. The fraction of sp³-hybridized carbons (Fsp3) is 0.385. The number of rotatable bonds is 6. The molecule has 1 rings (SSSR count). The van der Waals surface area contributed by atoms with Gasteiger partial charge in [0.25, 0.3) is 0 Å². The van der Waals surface area contributed by atoms with Gasteiger partial charge in [-0.05, 0) is 38.0 Å². The molecule has 0 aliphatic heterocycles. The zero-order valence-electron chi connectivity index (χ0n) is 9.70. The van der Waals surface area contributed by atoms with E-state index in [4.69, 9.17) is 21.6 Å². The van der Waals surface area contributed by atoms with Crippen LogP contribution in [-0.4, -0.2) is 12.4 Å². The number of carbonyl (C=O) groups excluding carboxylic acids is 1. The molecule has 0 bridgehead atoms. The van der Waals surface area contributed by atoms with E-state index in [-0.39, 0.29) is 5.78 Å². The van der Waals surface area contributed by atoms with Crippen molar-refractivity contribution in [2.45, 2.75) is 26.2 Å². The van der Waals surface area contributed by atoms with E-state index in [1.54, 1.807) is 18.2 Å². The molecule has 0 unspecified atom stereocenters. The number of halogens is 1. The highest BCUT2D eigenvalue weighted by molar-refractivity contribution is 6.31. The number of unbranched alkanes of at least 4 members (excludes halogenated alkanes) is 2. The Morgan fingerprint density at radius 2 is 2.24 bits per heavy atom. The van der Waals surface area contributed by atoms with Crippen molar-refractivity contribution in [3.05, 3.63) is 28.8 Å². The lowest BCUT2D eigenvalue weighted by molar-refractivity contribution is 0.101. The third kappa shape index (κ3) is 4.46. The monoisotopic (exact) mass is 251 g/mol. The highest BCUT2D eigenvalue weighted by atomic mass is 35.5. The summed E-state index contributed by atoms with van der Waals surface area (Å²) in [6, 6.07) is 7.07. The topological polar surface area (TPSA) is 50.1 Å². The summed E-state index contributed by atoms with van der Waals surface area (Å²) < 4.78 is 5.51. The molecule has 17 heavy (non-hydrogen) atoms. The minimum atomic E-state index is -0.0699. The van der Waals surface area contributed by atoms with Gasteiger partial charge in [-0.3, -0.25) is 4.79 Å². The van der Waals surface area contributed by atoms with Crippen LogP contribution in [0.15, 0.2) is 18.2 Å². The zero-order valence-corrected chi connectivity index (χ0v) is 10.5. The van der Waals surface area contributed by atoms with Crippen molar-refractivity contribution in [1.82, 2.24) is 0 Å². The Morgan fingerprint density at radius 3 is 2.88 bits per heavy atom. The number of nitrogens with zero attached hydrogens (tertiary/aromatic N) is 1. The molecule has 0 radical (unpaired) electrons. The van der Waals surface area contributed by atoms with Gasteiger partial charge in [0.2, 0.25) is 0 Å². The number of ether oxygens (including phenoxy) is 1. The average molecular weight is 252 g/mol. The third-order valence-corrected chi connectivity index (χ3v) is 2.50. The molecular weight excluding hydrogens is 238 g/mol. The van der Waals surface area contributed by atoms with Gasteiger partial charge in [-0.2, -0.15) is 5.26 Å². The number of carbonyl (C=O) groups is 1. The number of hydrogen-bond donors (Lipinski definition) is 0. The lowest BCUT2D eigenvalue weighted by Gasteiger charge is -2.09. The van der Waals surface area contributed by atoms with Crippen LogP contribution >= 0.6 is 11.6 Å². The van der Waals surface area contributed by atoms with E-state index < -0.39 is 0 Å². The highest BCUT2D eigenvalue weighted by Gasteiger charge is 2.08. The maximum absolute atomic E-state index is 11.4. The molecule has 0 saturated carbocycles. The first-order chi connectivity index (χ1) is 8.15. The van der Waals surface area contributed by atoms with E-state index in [9.17, 15) is 4.79 Å². The molecule has 0 fully saturated rings. The van der Waals surface area contributed by atoms with E-state index >= 15 is 0 Å². The SMILES string of the molecule is CC(=O)c1cc(Cl)ccc1OCCCCC#N. The second-order valence-electron chi connectivity index (χ2n) is 3.66. The summed E-state index contributed by atoms with van der Waals surface area (Å²) in [6.07, 6.45) is 2.14. The molecule has 1 aromatic rings. The number of hydrogen-bond acceptors (Lipinski definition) is 3. The molecule has 0 heterocycles. The normalized spacial score (nSPS) is 9.71. The van der Waals surface area contributed by atoms with Crippen LogP contribution in [0.3, 0.4) is 0 Å². The van der Waals surface area contributed by atoms with Crippen molar-refractivity contribution in [3.8, 4) is 11.8 Å². The fourth-order valence-corrected chi connectivity index (χ4v) is 1.56. The van der Waals surface area contributed by atoms with Crippen LogP contribution < -0.4 is 4.74 Å². The highest BCUT2D eigenvalue weighted by Crippen LogP contribution is 2.23. The van der Waals surface area contributed by atoms with E-state index in [1.807, 2.05) is 0 Å². The fourth-order valence-electron chi connectivity index (χ4n) is 1.39. The van der Waals surface area contributed by atoms with Gasteiger partial charge >= 0.3 is 0 Å². The van der Waals surface area contributed by atoms with Gasteiger partial charge in [0.1, 0.15) is 5.75 Å². The Labute approximate surface area is 106 Å². The molecule has 0 aliphatic rings. The van der Waals surface area contributed by atoms with Gasteiger partial charge in [0.15, 0.2) is 5.78 Å². The number of nitriles is 1. The lowest BCUT2D eigenvalue weighted by atomic mass is 10.1. The van der Waals surface area contributed by atoms with Crippen molar-refractivity contribution >= 4 is 17.4 Å². The summed E-state index contributed by atoms with van der Waals surface area (Å²) in [5.41, 5.74) is 0.498. The summed E-state index contributed by atoms with van der Waals surface area (Å²) in [5, 5.41) is 8.90. The summed E-state index contributed by atoms with van der Waals surface area (Å²) in [5.74, 6) is 0.485. The minimum absolute atomic E-state index is 0.0699. The molecule has 90 valence electrons. The molecule has 0 spiro atoms. The Balaban J connectivity index is 2.59. The van der Waals surface area contributed by atoms with Gasteiger partial charge in [0, 0.05) is 11.4 Å². The maximum atomic E-state index is 11.4. The molecule has 0 N–H and O–H groups in total. The molecule has 0 saturated heterocycles. The summed E-state index contributed by atoms with van der Waals surface area (Å²) in [6.45, 7) is 1.98. The van der Waals surface area contributed by atoms with Gasteiger partial charge in [-0.25, -0.2) is 0 Å². The predicted octanol–water partition coefficient (Wildman–Crippen LogP) is 3.62. The molecule has 1 aromatic carbocycles. The maximum Gasteiger partial charge on any atom is 0.163 e. The van der Waals surface area contributed by atoms with Gasteiger partial charge < -0.3 is 4.74 Å². The lowest BCUT2D eigenvalue weighted by Crippen LogP contribution is -2.02. The Kier molecular flexibility index (Phi) is 5.51. The summed E-state index contributed by atoms with van der Waals surface area (Å²) >= 11 is 5.82. The Morgan fingerprint density at radius 1 is 1.47 bits per heavy atom. The van der Waals surface area contributed by atoms with Crippen LogP contribution in [0.2, 0.25) is 5.02 Å². The van der Waals surface area contributed by atoms with Crippen LogP contribution in [-0.2, 0) is 0 Å². The van der Waals surface area contributed by atoms with Crippen LogP contribution in [0, 0.1) is 11.3 Å². The van der Waals surface area contributed by atoms with E-state index in [0.29, 0.717) is 29.4 Å². The quantitative estimate of drug-likeness (QED) is 0.573. The van der Waals surface area contributed by atoms with Crippen LogP contribution in [0.4, 0.5) is 0 Å². The molecule has 0 aromatic heterocycles. The van der Waals surface area contributed by atoms with Crippen molar-refractivity contribution in [2.75, 3.05) is 6.61 Å². The van der Waals surface area contributed by atoms with Gasteiger partial charge in [0.05, 0.1) is 18.2 Å². The van der Waals surface area contributed by atoms with Crippen LogP contribution in [0.5, 0.6) is 5.75 Å². The van der Waals surface area contributed by atoms with Crippen LogP contribution in [0.1, 0.15) is 36.5 Å². The first-order valence-corrected chi connectivity index (χ1v) is 5.83. The van der Waals surface area contributed by atoms with Gasteiger partial charge in [-0.15, -0.1) is 0 Å². The zero-order chi connectivity index (χ0) is 12.7. The Bertz CT molecular complexity index is 438. The first kappa shape index (κ1) is 13.5. The summed E-state index contributed by atoms with van der Waals surface area (Å²) in [7, 11) is 0. The van der Waals surface area contributed by atoms with Crippen molar-refractivity contribution in [2.24, 2.45) is 0 Å². The van der Waals surface area contributed by atoms with Crippen molar-refractivity contribution < 1.29 is 9.53 Å². The average Bonchev–Trinajstić information content (AvgIpc) is 2.30. The largest absolute Gasteiger partial charge is 0.493 e. The number of ketones is 1. The second-order valence-corrected chi connectivity index (χ2v) is 4.10. The van der Waals surface area contributed by atoms with E-state index in [2.05, 4.69) is 6.07 Å². The van der Waals surface area contributed by atoms with Gasteiger partial charge in [-0.1, -0.05) is 11.6 Å².